The maximum absolute atomic E-state index is 4.34. The third-order valence-corrected chi connectivity index (χ3v) is 4.42. The Balaban J connectivity index is 1.74. The summed E-state index contributed by atoms with van der Waals surface area (Å²) < 4.78 is 2.04. The highest BCUT2D eigenvalue weighted by molar-refractivity contribution is 5.10. The number of aromatic nitrogens is 2. The molecule has 0 aromatic carbocycles. The van der Waals surface area contributed by atoms with E-state index in [4.69, 9.17) is 0 Å². The number of rotatable bonds is 4. The molecule has 4 heteroatoms. The molecule has 3 rings (SSSR count). The zero-order valence-corrected chi connectivity index (χ0v) is 11.5. The lowest BCUT2D eigenvalue weighted by atomic mass is 9.87. The molecule has 1 saturated carbocycles. The Bertz CT molecular complexity index is 396. The normalized spacial score (nSPS) is 29.7. The van der Waals surface area contributed by atoms with Crippen molar-refractivity contribution in [3.05, 3.63) is 18.0 Å². The van der Waals surface area contributed by atoms with Crippen LogP contribution in [0, 0.1) is 5.92 Å². The van der Waals surface area contributed by atoms with Crippen molar-refractivity contribution < 1.29 is 0 Å². The van der Waals surface area contributed by atoms with Crippen LogP contribution in [0.15, 0.2) is 12.3 Å². The smallest absolute Gasteiger partial charge is 0.0555 e. The van der Waals surface area contributed by atoms with Crippen molar-refractivity contribution in [2.45, 2.75) is 37.8 Å². The molecule has 2 fully saturated rings. The summed E-state index contributed by atoms with van der Waals surface area (Å²) in [4.78, 5) is 2.50. The van der Waals surface area contributed by atoms with E-state index < -0.39 is 0 Å². The number of nitrogens with one attached hydrogen (secondary N) is 1. The number of aryl methyl sites for hydroxylation is 1. The minimum absolute atomic E-state index is 0.525. The van der Waals surface area contributed by atoms with Gasteiger partial charge in [0.15, 0.2) is 0 Å². The first-order valence-electron chi connectivity index (χ1n) is 7.17. The van der Waals surface area contributed by atoms with Crippen molar-refractivity contribution >= 4 is 0 Å². The van der Waals surface area contributed by atoms with Gasteiger partial charge in [0.2, 0.25) is 0 Å². The van der Waals surface area contributed by atoms with Crippen LogP contribution in [0.2, 0.25) is 0 Å². The van der Waals surface area contributed by atoms with Crippen molar-refractivity contribution in [1.82, 2.24) is 20.0 Å². The van der Waals surface area contributed by atoms with E-state index in [-0.39, 0.29) is 0 Å². The second kappa shape index (κ2) is 5.02. The Morgan fingerprint density at radius 3 is 2.83 bits per heavy atom. The predicted octanol–water partition coefficient (Wildman–Crippen LogP) is 1.55. The topological polar surface area (TPSA) is 33.1 Å². The fourth-order valence-corrected chi connectivity index (χ4v) is 3.22. The van der Waals surface area contributed by atoms with E-state index in [0.29, 0.717) is 6.04 Å². The molecule has 1 aliphatic heterocycles. The Morgan fingerprint density at radius 2 is 2.17 bits per heavy atom. The lowest BCUT2D eigenvalue weighted by molar-refractivity contribution is 0.113. The molecule has 0 spiro atoms. The van der Waals surface area contributed by atoms with Gasteiger partial charge in [0.25, 0.3) is 0 Å². The van der Waals surface area contributed by atoms with Gasteiger partial charge in [-0.3, -0.25) is 9.58 Å². The van der Waals surface area contributed by atoms with Crippen LogP contribution < -0.4 is 5.32 Å². The standard InChI is InChI=1S/C14H24N4/c1-17-9-3-4-11(10-15-12-5-6-12)14(17)13-7-8-16-18(13)2/h7-8,11-12,14-15H,3-6,9-10H2,1-2H3. The van der Waals surface area contributed by atoms with Crippen LogP contribution in [-0.4, -0.2) is 40.9 Å². The van der Waals surface area contributed by atoms with Gasteiger partial charge in [-0.25, -0.2) is 0 Å². The molecule has 2 heterocycles. The lowest BCUT2D eigenvalue weighted by Gasteiger charge is -2.39. The Labute approximate surface area is 109 Å². The maximum atomic E-state index is 4.34. The van der Waals surface area contributed by atoms with Crippen molar-refractivity contribution in [3.8, 4) is 0 Å². The van der Waals surface area contributed by atoms with Crippen LogP contribution in [0.5, 0.6) is 0 Å². The minimum Gasteiger partial charge on any atom is -0.314 e. The molecule has 2 unspecified atom stereocenters. The SMILES string of the molecule is CN1CCCC(CNC2CC2)C1c1ccnn1C. The highest BCUT2D eigenvalue weighted by Gasteiger charge is 2.33. The van der Waals surface area contributed by atoms with E-state index >= 15 is 0 Å². The van der Waals surface area contributed by atoms with Gasteiger partial charge in [0, 0.05) is 25.8 Å². The van der Waals surface area contributed by atoms with E-state index in [1.807, 2.05) is 10.9 Å². The summed E-state index contributed by atoms with van der Waals surface area (Å²) in [7, 11) is 4.31. The minimum atomic E-state index is 0.525. The largest absolute Gasteiger partial charge is 0.314 e. The molecule has 1 N–H and O–H groups in total. The average Bonchev–Trinajstić information content (AvgIpc) is 3.09. The van der Waals surface area contributed by atoms with Crippen molar-refractivity contribution in [2.75, 3.05) is 20.1 Å². The average molecular weight is 248 g/mol. The first-order valence-corrected chi connectivity index (χ1v) is 7.17. The second-order valence-corrected chi connectivity index (χ2v) is 5.89. The van der Waals surface area contributed by atoms with Gasteiger partial charge in [-0.05, 0) is 51.3 Å². The number of hydrogen-bond donors (Lipinski definition) is 1. The molecule has 1 saturated heterocycles. The first kappa shape index (κ1) is 12.2. The van der Waals surface area contributed by atoms with Crippen molar-refractivity contribution in [2.24, 2.45) is 13.0 Å². The molecular weight excluding hydrogens is 224 g/mol. The highest BCUT2D eigenvalue weighted by Crippen LogP contribution is 2.34. The molecular formula is C14H24N4. The number of likely N-dealkylation sites (tertiary alicyclic amines) is 1. The molecule has 0 bridgehead atoms. The molecule has 0 amide bonds. The summed E-state index contributed by atoms with van der Waals surface area (Å²) in [6, 6.07) is 3.51. The molecule has 18 heavy (non-hydrogen) atoms. The van der Waals surface area contributed by atoms with Crippen molar-refractivity contribution in [3.63, 3.8) is 0 Å². The number of piperidine rings is 1. The molecule has 100 valence electrons. The van der Waals surface area contributed by atoms with Crippen LogP contribution in [0.1, 0.15) is 37.4 Å². The zero-order valence-electron chi connectivity index (χ0n) is 11.5. The number of hydrogen-bond acceptors (Lipinski definition) is 3. The summed E-state index contributed by atoms with van der Waals surface area (Å²) in [5.41, 5.74) is 1.36. The first-order chi connectivity index (χ1) is 8.75. The highest BCUT2D eigenvalue weighted by atomic mass is 15.3. The molecule has 2 atom stereocenters. The zero-order chi connectivity index (χ0) is 12.5. The molecule has 4 nitrogen and oxygen atoms in total. The fraction of sp³-hybridized carbons (Fsp3) is 0.786. The molecule has 1 aliphatic carbocycles. The van der Waals surface area contributed by atoms with Gasteiger partial charge in [-0.15, -0.1) is 0 Å². The molecule has 1 aromatic rings. The Hall–Kier alpha value is -0.870. The summed E-state index contributed by atoms with van der Waals surface area (Å²) in [5.74, 6) is 0.722. The van der Waals surface area contributed by atoms with Gasteiger partial charge < -0.3 is 5.32 Å². The summed E-state index contributed by atoms with van der Waals surface area (Å²) >= 11 is 0. The van der Waals surface area contributed by atoms with E-state index in [1.165, 1.54) is 37.9 Å². The van der Waals surface area contributed by atoms with Gasteiger partial charge in [-0.1, -0.05) is 0 Å². The van der Waals surface area contributed by atoms with Crippen LogP contribution in [0.3, 0.4) is 0 Å². The summed E-state index contributed by atoms with van der Waals surface area (Å²) in [5, 5.41) is 8.04. The van der Waals surface area contributed by atoms with E-state index in [1.54, 1.807) is 0 Å². The van der Waals surface area contributed by atoms with Gasteiger partial charge >= 0.3 is 0 Å². The fourth-order valence-electron chi connectivity index (χ4n) is 3.22. The quantitative estimate of drug-likeness (QED) is 0.878. The summed E-state index contributed by atoms with van der Waals surface area (Å²) in [6.45, 7) is 2.36. The van der Waals surface area contributed by atoms with Crippen molar-refractivity contribution in [1.29, 1.82) is 0 Å². The summed E-state index contributed by atoms with van der Waals surface area (Å²) in [6.07, 6.45) is 7.32. The monoisotopic (exact) mass is 248 g/mol. The molecule has 0 radical (unpaired) electrons. The lowest BCUT2D eigenvalue weighted by Crippen LogP contribution is -2.41. The number of nitrogens with zero attached hydrogens (tertiary/aromatic N) is 3. The Morgan fingerprint density at radius 1 is 1.33 bits per heavy atom. The maximum Gasteiger partial charge on any atom is 0.0555 e. The van der Waals surface area contributed by atoms with Gasteiger partial charge in [0.1, 0.15) is 0 Å². The third-order valence-electron chi connectivity index (χ3n) is 4.42. The van der Waals surface area contributed by atoms with Crippen LogP contribution >= 0.6 is 0 Å². The second-order valence-electron chi connectivity index (χ2n) is 5.89. The predicted molar refractivity (Wildman–Crippen MR) is 72.3 cm³/mol. The van der Waals surface area contributed by atoms with Crippen LogP contribution in [-0.2, 0) is 7.05 Å². The third kappa shape index (κ3) is 2.45. The van der Waals surface area contributed by atoms with Gasteiger partial charge in [0.05, 0.1) is 11.7 Å². The van der Waals surface area contributed by atoms with Crippen LogP contribution in [0.4, 0.5) is 0 Å². The van der Waals surface area contributed by atoms with E-state index in [0.717, 1.165) is 18.5 Å². The molecule has 1 aromatic heterocycles. The van der Waals surface area contributed by atoms with Gasteiger partial charge in [-0.2, -0.15) is 5.10 Å². The van der Waals surface area contributed by atoms with E-state index in [9.17, 15) is 0 Å². The van der Waals surface area contributed by atoms with Crippen LogP contribution in [0.25, 0.3) is 0 Å². The molecule has 2 aliphatic rings. The Kier molecular flexibility index (Phi) is 3.39. The van der Waals surface area contributed by atoms with E-state index in [2.05, 4.69) is 35.5 Å².